The maximum absolute atomic E-state index is 3.45. The van der Waals surface area contributed by atoms with E-state index in [1.807, 2.05) is 0 Å². The molecule has 0 aromatic carbocycles. The minimum atomic E-state index is 0.688. The molecule has 0 aromatic heterocycles. The average Bonchev–Trinajstić information content (AvgIpc) is 2.70. The van der Waals surface area contributed by atoms with Crippen molar-refractivity contribution in [3.05, 3.63) is 0 Å². The van der Waals surface area contributed by atoms with Crippen molar-refractivity contribution in [2.75, 3.05) is 32.7 Å². The highest BCUT2D eigenvalue weighted by molar-refractivity contribution is 4.93. The Bertz CT molecular complexity index is 185. The molecule has 0 spiro atoms. The lowest BCUT2D eigenvalue weighted by Crippen LogP contribution is -2.55. The largest absolute Gasteiger partial charge is 0.316 e. The molecule has 1 N–H and O–H groups in total. The molecule has 2 fully saturated rings. The molecule has 0 aliphatic carbocycles. The van der Waals surface area contributed by atoms with Crippen molar-refractivity contribution in [2.24, 2.45) is 11.3 Å². The first-order valence-corrected chi connectivity index (χ1v) is 6.71. The van der Waals surface area contributed by atoms with Crippen LogP contribution < -0.4 is 5.32 Å². The Morgan fingerprint density at radius 1 is 1.27 bits per heavy atom. The van der Waals surface area contributed by atoms with Crippen LogP contribution in [-0.2, 0) is 0 Å². The van der Waals surface area contributed by atoms with Gasteiger partial charge in [-0.2, -0.15) is 0 Å². The van der Waals surface area contributed by atoms with Crippen LogP contribution in [0.15, 0.2) is 0 Å². The summed E-state index contributed by atoms with van der Waals surface area (Å²) in [5, 5.41) is 3.45. The van der Waals surface area contributed by atoms with Crippen LogP contribution in [0.3, 0.4) is 0 Å². The van der Waals surface area contributed by atoms with E-state index in [4.69, 9.17) is 0 Å². The van der Waals surface area contributed by atoms with Gasteiger partial charge in [-0.1, -0.05) is 13.8 Å². The molecule has 0 aromatic rings. The Hall–Kier alpha value is -0.0800. The lowest BCUT2D eigenvalue weighted by atomic mass is 9.75. The summed E-state index contributed by atoms with van der Waals surface area (Å²) < 4.78 is 0. The first-order chi connectivity index (χ1) is 7.28. The molecule has 1 unspecified atom stereocenters. The highest BCUT2D eigenvalue weighted by Crippen LogP contribution is 2.37. The van der Waals surface area contributed by atoms with Crippen molar-refractivity contribution in [2.45, 2.75) is 39.5 Å². The fraction of sp³-hybridized carbons (Fsp3) is 1.00. The van der Waals surface area contributed by atoms with Crippen molar-refractivity contribution >= 4 is 0 Å². The summed E-state index contributed by atoms with van der Waals surface area (Å²) in [6.07, 6.45) is 5.55. The van der Waals surface area contributed by atoms with Gasteiger partial charge in [0.1, 0.15) is 0 Å². The van der Waals surface area contributed by atoms with Gasteiger partial charge in [-0.15, -0.1) is 0 Å². The number of nitrogens with zero attached hydrogens (tertiary/aromatic N) is 1. The molecule has 0 bridgehead atoms. The van der Waals surface area contributed by atoms with E-state index in [0.717, 1.165) is 5.92 Å². The SMILES string of the molecule is CCC1(CC)CN(CCC2CCNC2)C1. The third-order valence-electron chi connectivity index (χ3n) is 4.63. The van der Waals surface area contributed by atoms with Gasteiger partial charge in [0.2, 0.25) is 0 Å². The summed E-state index contributed by atoms with van der Waals surface area (Å²) in [5.74, 6) is 0.961. The van der Waals surface area contributed by atoms with Crippen LogP contribution in [0.4, 0.5) is 0 Å². The molecule has 2 nitrogen and oxygen atoms in total. The number of rotatable bonds is 5. The molecule has 88 valence electrons. The molecule has 1 atom stereocenters. The molecule has 0 saturated carbocycles. The minimum Gasteiger partial charge on any atom is -0.316 e. The highest BCUT2D eigenvalue weighted by Gasteiger charge is 2.39. The topological polar surface area (TPSA) is 15.3 Å². The number of nitrogens with one attached hydrogen (secondary N) is 1. The molecular weight excluding hydrogens is 184 g/mol. The van der Waals surface area contributed by atoms with Crippen LogP contribution >= 0.6 is 0 Å². The fourth-order valence-electron chi connectivity index (χ4n) is 3.08. The maximum atomic E-state index is 3.45. The van der Waals surface area contributed by atoms with Crippen LogP contribution in [0.5, 0.6) is 0 Å². The van der Waals surface area contributed by atoms with E-state index in [2.05, 4.69) is 24.1 Å². The molecule has 2 aliphatic heterocycles. The summed E-state index contributed by atoms with van der Waals surface area (Å²) >= 11 is 0. The van der Waals surface area contributed by atoms with Gasteiger partial charge in [-0.25, -0.2) is 0 Å². The molecule has 2 aliphatic rings. The predicted octanol–water partition coefficient (Wildman–Crippen LogP) is 2.11. The number of hydrogen-bond donors (Lipinski definition) is 1. The Morgan fingerprint density at radius 2 is 2.00 bits per heavy atom. The van der Waals surface area contributed by atoms with Crippen LogP contribution in [0.1, 0.15) is 39.5 Å². The smallest absolute Gasteiger partial charge is 0.00503 e. The second kappa shape index (κ2) is 4.84. The van der Waals surface area contributed by atoms with Crippen molar-refractivity contribution in [1.82, 2.24) is 10.2 Å². The quantitative estimate of drug-likeness (QED) is 0.747. The van der Waals surface area contributed by atoms with E-state index in [9.17, 15) is 0 Å². The van der Waals surface area contributed by atoms with Gasteiger partial charge < -0.3 is 10.2 Å². The molecule has 0 amide bonds. The van der Waals surface area contributed by atoms with E-state index in [0.29, 0.717) is 5.41 Å². The standard InChI is InChI=1S/C13H26N2/c1-3-13(4-2)10-15(11-13)8-6-12-5-7-14-9-12/h12,14H,3-11H2,1-2H3. The van der Waals surface area contributed by atoms with E-state index in [-0.39, 0.29) is 0 Å². The third-order valence-corrected chi connectivity index (χ3v) is 4.63. The number of likely N-dealkylation sites (tertiary alicyclic amines) is 1. The molecule has 2 saturated heterocycles. The summed E-state index contributed by atoms with van der Waals surface area (Å²) in [7, 11) is 0. The zero-order valence-corrected chi connectivity index (χ0v) is 10.4. The maximum Gasteiger partial charge on any atom is 0.00503 e. The summed E-state index contributed by atoms with van der Waals surface area (Å²) in [6.45, 7) is 11.3. The Morgan fingerprint density at radius 3 is 2.53 bits per heavy atom. The average molecular weight is 210 g/mol. The molecule has 15 heavy (non-hydrogen) atoms. The summed E-state index contributed by atoms with van der Waals surface area (Å²) in [5.41, 5.74) is 0.688. The zero-order valence-electron chi connectivity index (χ0n) is 10.4. The zero-order chi connectivity index (χ0) is 10.7. The third kappa shape index (κ3) is 2.54. The van der Waals surface area contributed by atoms with Crippen molar-refractivity contribution in [1.29, 1.82) is 0 Å². The second-order valence-electron chi connectivity index (χ2n) is 5.57. The molecule has 2 heteroatoms. The predicted molar refractivity (Wildman–Crippen MR) is 65.0 cm³/mol. The van der Waals surface area contributed by atoms with Gasteiger partial charge in [0.05, 0.1) is 0 Å². The van der Waals surface area contributed by atoms with Gasteiger partial charge in [0.15, 0.2) is 0 Å². The van der Waals surface area contributed by atoms with E-state index >= 15 is 0 Å². The van der Waals surface area contributed by atoms with Crippen LogP contribution in [-0.4, -0.2) is 37.6 Å². The Labute approximate surface area is 94.4 Å². The van der Waals surface area contributed by atoms with Crippen LogP contribution in [0, 0.1) is 11.3 Å². The number of hydrogen-bond acceptors (Lipinski definition) is 2. The lowest BCUT2D eigenvalue weighted by molar-refractivity contribution is -0.00864. The van der Waals surface area contributed by atoms with Gasteiger partial charge in [-0.3, -0.25) is 0 Å². The van der Waals surface area contributed by atoms with Gasteiger partial charge >= 0.3 is 0 Å². The van der Waals surface area contributed by atoms with Gasteiger partial charge in [0.25, 0.3) is 0 Å². The molecular formula is C13H26N2. The van der Waals surface area contributed by atoms with E-state index < -0.39 is 0 Å². The lowest BCUT2D eigenvalue weighted by Gasteiger charge is -2.50. The Kier molecular flexibility index (Phi) is 3.68. The molecule has 2 heterocycles. The van der Waals surface area contributed by atoms with Crippen molar-refractivity contribution in [3.63, 3.8) is 0 Å². The van der Waals surface area contributed by atoms with Gasteiger partial charge in [-0.05, 0) is 56.7 Å². The second-order valence-corrected chi connectivity index (χ2v) is 5.57. The van der Waals surface area contributed by atoms with Crippen molar-refractivity contribution in [3.8, 4) is 0 Å². The fourth-order valence-corrected chi connectivity index (χ4v) is 3.08. The first-order valence-electron chi connectivity index (χ1n) is 6.71. The summed E-state index contributed by atoms with van der Waals surface area (Å²) in [4.78, 5) is 2.66. The normalized spacial score (nSPS) is 30.4. The first kappa shape index (κ1) is 11.4. The minimum absolute atomic E-state index is 0.688. The summed E-state index contributed by atoms with van der Waals surface area (Å²) in [6, 6.07) is 0. The molecule has 0 radical (unpaired) electrons. The van der Waals surface area contributed by atoms with Gasteiger partial charge in [0, 0.05) is 13.1 Å². The van der Waals surface area contributed by atoms with E-state index in [1.165, 1.54) is 58.4 Å². The highest BCUT2D eigenvalue weighted by atomic mass is 15.2. The van der Waals surface area contributed by atoms with Crippen LogP contribution in [0.25, 0.3) is 0 Å². The van der Waals surface area contributed by atoms with Crippen molar-refractivity contribution < 1.29 is 0 Å². The van der Waals surface area contributed by atoms with Crippen LogP contribution in [0.2, 0.25) is 0 Å². The monoisotopic (exact) mass is 210 g/mol. The Balaban J connectivity index is 1.62. The van der Waals surface area contributed by atoms with E-state index in [1.54, 1.807) is 0 Å². The molecule has 2 rings (SSSR count).